The van der Waals surface area contributed by atoms with Crippen LogP contribution in [-0.2, 0) is 4.79 Å². The van der Waals surface area contributed by atoms with E-state index < -0.39 is 5.97 Å². The minimum atomic E-state index is -0.687. The number of hydrogen-bond donors (Lipinski definition) is 1. The monoisotopic (exact) mass is 360 g/mol. The van der Waals surface area contributed by atoms with Crippen molar-refractivity contribution in [2.45, 2.75) is 96.8 Å². The van der Waals surface area contributed by atoms with Gasteiger partial charge in [0.2, 0.25) is 0 Å². The van der Waals surface area contributed by atoms with Crippen LogP contribution in [0, 0.1) is 0 Å². The van der Waals surface area contributed by atoms with Gasteiger partial charge in [0, 0.05) is 6.42 Å². The van der Waals surface area contributed by atoms with Crippen molar-refractivity contribution in [2.24, 2.45) is 0 Å². The number of carboxylic acids is 1. The molecule has 0 saturated heterocycles. The van der Waals surface area contributed by atoms with E-state index in [2.05, 4.69) is 55.5 Å². The Labute approximate surface area is 161 Å². The first-order valence-electron chi connectivity index (χ1n) is 10.6. The Balaban J connectivity index is 3.37. The third kappa shape index (κ3) is 22.4. The zero-order chi connectivity index (χ0) is 19.1. The Hall–Kier alpha value is -1.57. The van der Waals surface area contributed by atoms with Crippen LogP contribution in [0.5, 0.6) is 0 Å². The molecule has 0 rings (SSSR count). The number of allylic oxidation sites excluding steroid dienone is 8. The maximum atomic E-state index is 10.4. The summed E-state index contributed by atoms with van der Waals surface area (Å²) in [5.74, 6) is -0.687. The Kier molecular flexibility index (Phi) is 20.2. The van der Waals surface area contributed by atoms with E-state index in [1.807, 2.05) is 0 Å². The van der Waals surface area contributed by atoms with Crippen LogP contribution in [0.15, 0.2) is 48.6 Å². The first-order valence-corrected chi connectivity index (χ1v) is 10.6. The van der Waals surface area contributed by atoms with Crippen molar-refractivity contribution in [1.29, 1.82) is 0 Å². The smallest absolute Gasteiger partial charge is 0.303 e. The van der Waals surface area contributed by atoms with Crippen LogP contribution in [0.2, 0.25) is 0 Å². The summed E-state index contributed by atoms with van der Waals surface area (Å²) in [5.41, 5.74) is 0. The van der Waals surface area contributed by atoms with E-state index >= 15 is 0 Å². The van der Waals surface area contributed by atoms with Gasteiger partial charge in [0.05, 0.1) is 0 Å². The minimum Gasteiger partial charge on any atom is -0.481 e. The van der Waals surface area contributed by atoms with Gasteiger partial charge in [-0.15, -0.1) is 0 Å². The van der Waals surface area contributed by atoms with Gasteiger partial charge < -0.3 is 5.11 Å². The summed E-state index contributed by atoms with van der Waals surface area (Å²) in [6.07, 6.45) is 33.2. The van der Waals surface area contributed by atoms with Crippen molar-refractivity contribution < 1.29 is 9.90 Å². The van der Waals surface area contributed by atoms with Crippen LogP contribution >= 0.6 is 0 Å². The topological polar surface area (TPSA) is 37.3 Å². The molecule has 0 aromatic carbocycles. The molecule has 2 nitrogen and oxygen atoms in total. The standard InChI is InChI=1S/C24H40O2/c1-2-3-4-5-6-7-8-9-10-11-12-13-14-15-16-17-18-19-20-21-22-23-24(25)26/h8-9,11-12,14-15,17-18H,2-7,10,13,16,19-23H2,1H3,(H,25,26)/b9-8?,12-11?,15-14?,18-17-. The second-order valence-corrected chi connectivity index (χ2v) is 6.79. The van der Waals surface area contributed by atoms with Crippen LogP contribution in [0.25, 0.3) is 0 Å². The molecule has 0 spiro atoms. The fraction of sp³-hybridized carbons (Fsp3) is 0.625. The molecule has 0 aliphatic rings. The number of carbonyl (C=O) groups is 1. The molecule has 148 valence electrons. The molecule has 0 unspecified atom stereocenters. The lowest BCUT2D eigenvalue weighted by Crippen LogP contribution is -1.93. The normalized spacial score (nSPS) is 12.3. The summed E-state index contributed by atoms with van der Waals surface area (Å²) >= 11 is 0. The van der Waals surface area contributed by atoms with Gasteiger partial charge in [-0.05, 0) is 51.4 Å². The van der Waals surface area contributed by atoms with Gasteiger partial charge in [-0.3, -0.25) is 4.79 Å². The van der Waals surface area contributed by atoms with Gasteiger partial charge in [-0.2, -0.15) is 0 Å². The molecule has 0 aromatic heterocycles. The average molecular weight is 361 g/mol. The number of hydrogen-bond acceptors (Lipinski definition) is 1. The molecule has 0 fully saturated rings. The first kappa shape index (κ1) is 24.4. The Morgan fingerprint density at radius 2 is 1.04 bits per heavy atom. The first-order chi connectivity index (χ1) is 12.8. The molecule has 0 radical (unpaired) electrons. The maximum Gasteiger partial charge on any atom is 0.303 e. The molecule has 0 atom stereocenters. The van der Waals surface area contributed by atoms with Gasteiger partial charge in [0.1, 0.15) is 0 Å². The SMILES string of the molecule is CCCCCCCC=CCC=CCC=CC/C=C\CCCCCC(=O)O. The average Bonchev–Trinajstić information content (AvgIpc) is 2.62. The summed E-state index contributed by atoms with van der Waals surface area (Å²) in [7, 11) is 0. The molecule has 0 aromatic rings. The molecule has 1 N–H and O–H groups in total. The van der Waals surface area contributed by atoms with E-state index in [1.54, 1.807) is 0 Å². The number of carboxylic acid groups (broad SMARTS) is 1. The zero-order valence-electron chi connectivity index (χ0n) is 16.9. The number of rotatable bonds is 18. The lowest BCUT2D eigenvalue weighted by molar-refractivity contribution is -0.137. The highest BCUT2D eigenvalue weighted by Crippen LogP contribution is 2.06. The minimum absolute atomic E-state index is 0.300. The van der Waals surface area contributed by atoms with E-state index in [0.717, 1.165) is 44.9 Å². The van der Waals surface area contributed by atoms with Crippen molar-refractivity contribution in [3.63, 3.8) is 0 Å². The van der Waals surface area contributed by atoms with Crippen LogP contribution in [0.1, 0.15) is 96.8 Å². The Morgan fingerprint density at radius 3 is 1.50 bits per heavy atom. The lowest BCUT2D eigenvalue weighted by atomic mass is 10.1. The van der Waals surface area contributed by atoms with Crippen molar-refractivity contribution in [3.05, 3.63) is 48.6 Å². The second kappa shape index (κ2) is 21.5. The third-order valence-electron chi connectivity index (χ3n) is 4.22. The van der Waals surface area contributed by atoms with Gasteiger partial charge >= 0.3 is 5.97 Å². The van der Waals surface area contributed by atoms with Crippen LogP contribution < -0.4 is 0 Å². The molecule has 0 bridgehead atoms. The van der Waals surface area contributed by atoms with Gasteiger partial charge in [0.25, 0.3) is 0 Å². The van der Waals surface area contributed by atoms with Crippen molar-refractivity contribution in [1.82, 2.24) is 0 Å². The predicted octanol–water partition coefficient (Wildman–Crippen LogP) is 7.78. The van der Waals surface area contributed by atoms with Gasteiger partial charge in [-0.1, -0.05) is 87.6 Å². The van der Waals surface area contributed by atoms with E-state index in [1.165, 1.54) is 38.5 Å². The van der Waals surface area contributed by atoms with Crippen molar-refractivity contribution in [2.75, 3.05) is 0 Å². The van der Waals surface area contributed by atoms with E-state index in [9.17, 15) is 4.79 Å². The largest absolute Gasteiger partial charge is 0.481 e. The summed E-state index contributed by atoms with van der Waals surface area (Å²) < 4.78 is 0. The molecular weight excluding hydrogens is 320 g/mol. The predicted molar refractivity (Wildman–Crippen MR) is 115 cm³/mol. The summed E-state index contributed by atoms with van der Waals surface area (Å²) in [5, 5.41) is 8.54. The summed E-state index contributed by atoms with van der Waals surface area (Å²) in [6.45, 7) is 2.26. The van der Waals surface area contributed by atoms with Crippen LogP contribution in [0.3, 0.4) is 0 Å². The molecule has 2 heteroatoms. The highest BCUT2D eigenvalue weighted by molar-refractivity contribution is 5.66. The lowest BCUT2D eigenvalue weighted by Gasteiger charge is -1.95. The van der Waals surface area contributed by atoms with Crippen molar-refractivity contribution >= 4 is 5.97 Å². The Morgan fingerprint density at radius 1 is 0.615 bits per heavy atom. The van der Waals surface area contributed by atoms with E-state index in [4.69, 9.17) is 5.11 Å². The van der Waals surface area contributed by atoms with E-state index in [-0.39, 0.29) is 0 Å². The fourth-order valence-corrected chi connectivity index (χ4v) is 2.63. The number of unbranched alkanes of at least 4 members (excludes halogenated alkanes) is 8. The maximum absolute atomic E-state index is 10.4. The quantitative estimate of drug-likeness (QED) is 0.200. The highest BCUT2D eigenvalue weighted by Gasteiger charge is 1.94. The summed E-state index contributed by atoms with van der Waals surface area (Å²) in [6, 6.07) is 0. The zero-order valence-corrected chi connectivity index (χ0v) is 16.9. The molecule has 26 heavy (non-hydrogen) atoms. The molecule has 0 heterocycles. The van der Waals surface area contributed by atoms with Gasteiger partial charge in [-0.25, -0.2) is 0 Å². The van der Waals surface area contributed by atoms with E-state index in [0.29, 0.717) is 6.42 Å². The summed E-state index contributed by atoms with van der Waals surface area (Å²) in [4.78, 5) is 10.4. The molecule has 0 amide bonds. The van der Waals surface area contributed by atoms with Crippen LogP contribution in [-0.4, -0.2) is 11.1 Å². The third-order valence-corrected chi connectivity index (χ3v) is 4.22. The highest BCUT2D eigenvalue weighted by atomic mass is 16.4. The fourth-order valence-electron chi connectivity index (χ4n) is 2.63. The Bertz CT molecular complexity index is 416. The molecule has 0 saturated carbocycles. The second-order valence-electron chi connectivity index (χ2n) is 6.79. The van der Waals surface area contributed by atoms with Crippen molar-refractivity contribution in [3.8, 4) is 0 Å². The molecular formula is C24H40O2. The molecule has 0 aliphatic carbocycles. The number of aliphatic carboxylic acids is 1. The van der Waals surface area contributed by atoms with Crippen LogP contribution in [0.4, 0.5) is 0 Å². The van der Waals surface area contributed by atoms with Gasteiger partial charge in [0.15, 0.2) is 0 Å². The molecule has 0 aliphatic heterocycles.